The van der Waals surface area contributed by atoms with Crippen LogP contribution in [0.2, 0.25) is 0 Å². The van der Waals surface area contributed by atoms with Crippen LogP contribution >= 0.6 is 12.4 Å². The van der Waals surface area contributed by atoms with Crippen molar-refractivity contribution in [3.63, 3.8) is 0 Å². The van der Waals surface area contributed by atoms with Gasteiger partial charge in [0.2, 0.25) is 0 Å². The van der Waals surface area contributed by atoms with Gasteiger partial charge in [-0.1, -0.05) is 31.2 Å². The van der Waals surface area contributed by atoms with E-state index in [9.17, 15) is 4.79 Å². The molecule has 5 rings (SSSR count). The predicted molar refractivity (Wildman–Crippen MR) is 87.0 cm³/mol. The van der Waals surface area contributed by atoms with Gasteiger partial charge in [0.1, 0.15) is 5.78 Å². The number of fused-ring (bicyclic) bond motifs is 2. The Morgan fingerprint density at radius 2 is 2.10 bits per heavy atom. The monoisotopic (exact) mass is 305 g/mol. The van der Waals surface area contributed by atoms with E-state index in [1.54, 1.807) is 12.5 Å². The highest BCUT2D eigenvalue weighted by Crippen LogP contribution is 2.56. The molecule has 21 heavy (non-hydrogen) atoms. The van der Waals surface area contributed by atoms with Crippen molar-refractivity contribution >= 4 is 18.2 Å². The third-order valence-corrected chi connectivity index (χ3v) is 6.35. The van der Waals surface area contributed by atoms with Gasteiger partial charge in [-0.3, -0.25) is 4.79 Å². The molecule has 0 amide bonds. The van der Waals surface area contributed by atoms with Crippen molar-refractivity contribution in [1.82, 2.24) is 5.32 Å². The van der Waals surface area contributed by atoms with Crippen LogP contribution in [0.3, 0.4) is 0 Å². The van der Waals surface area contributed by atoms with Crippen LogP contribution in [0.4, 0.5) is 0 Å². The number of carbonyl (C=O) groups excluding carboxylic acids is 1. The Labute approximate surface area is 133 Å². The fourth-order valence-electron chi connectivity index (χ4n) is 5.44. The molecule has 2 aliphatic heterocycles. The van der Waals surface area contributed by atoms with E-state index >= 15 is 0 Å². The molecule has 114 valence electrons. The quantitative estimate of drug-likeness (QED) is 0.908. The number of halogens is 1. The molecule has 3 fully saturated rings. The van der Waals surface area contributed by atoms with E-state index in [2.05, 4.69) is 36.5 Å². The fraction of sp³-hybridized carbons (Fsp3) is 0.611. The van der Waals surface area contributed by atoms with Crippen LogP contribution in [0.25, 0.3) is 0 Å². The smallest absolute Gasteiger partial charge is 0.134 e. The molecule has 4 bridgehead atoms. The highest BCUT2D eigenvalue weighted by atomic mass is 35.5. The third-order valence-electron chi connectivity index (χ3n) is 6.35. The van der Waals surface area contributed by atoms with Crippen LogP contribution in [0.1, 0.15) is 44.2 Å². The first-order valence-corrected chi connectivity index (χ1v) is 8.00. The summed E-state index contributed by atoms with van der Waals surface area (Å²) >= 11 is 0. The summed E-state index contributed by atoms with van der Waals surface area (Å²) in [7, 11) is 0. The number of carbonyl (C=O) groups is 1. The Hall–Kier alpha value is -0.860. The molecule has 1 aromatic rings. The lowest BCUT2D eigenvalue weighted by molar-refractivity contribution is -0.127. The van der Waals surface area contributed by atoms with Gasteiger partial charge in [-0.25, -0.2) is 0 Å². The average Bonchev–Trinajstić information content (AvgIpc) is 2.46. The molecule has 0 aromatic heterocycles. The Morgan fingerprint density at radius 1 is 1.33 bits per heavy atom. The zero-order valence-electron chi connectivity index (χ0n) is 12.8. The van der Waals surface area contributed by atoms with E-state index in [1.165, 1.54) is 12.0 Å². The lowest BCUT2D eigenvalue weighted by Gasteiger charge is -2.61. The Kier molecular flexibility index (Phi) is 3.66. The van der Waals surface area contributed by atoms with Crippen LogP contribution in [0, 0.1) is 11.8 Å². The predicted octanol–water partition coefficient (Wildman–Crippen LogP) is 3.27. The lowest BCUT2D eigenvalue weighted by Crippen LogP contribution is -2.69. The number of nitrogens with one attached hydrogen (secondary N) is 1. The fourth-order valence-corrected chi connectivity index (χ4v) is 5.44. The van der Waals surface area contributed by atoms with Crippen molar-refractivity contribution in [1.29, 1.82) is 0 Å². The van der Waals surface area contributed by atoms with E-state index in [1.807, 2.05) is 0 Å². The highest BCUT2D eigenvalue weighted by molar-refractivity contribution is 5.85. The maximum absolute atomic E-state index is 11.9. The van der Waals surface area contributed by atoms with Crippen LogP contribution in [-0.4, -0.2) is 17.9 Å². The molecule has 1 N–H and O–H groups in total. The third kappa shape index (κ3) is 1.92. The van der Waals surface area contributed by atoms with Crippen LogP contribution in [0.5, 0.6) is 0 Å². The molecule has 3 heteroatoms. The number of hydrogen-bond acceptors (Lipinski definition) is 2. The van der Waals surface area contributed by atoms with E-state index in [-0.39, 0.29) is 18.3 Å². The second-order valence-electron chi connectivity index (χ2n) is 7.01. The summed E-state index contributed by atoms with van der Waals surface area (Å²) in [5, 5.41) is 3.79. The second kappa shape index (κ2) is 5.10. The highest BCUT2D eigenvalue weighted by Gasteiger charge is 2.58. The summed E-state index contributed by atoms with van der Waals surface area (Å²) in [6, 6.07) is 9.98. The van der Waals surface area contributed by atoms with E-state index in [4.69, 9.17) is 0 Å². The summed E-state index contributed by atoms with van der Waals surface area (Å²) in [4.78, 5) is 11.9. The topological polar surface area (TPSA) is 29.1 Å². The van der Waals surface area contributed by atoms with Crippen molar-refractivity contribution in [2.45, 2.75) is 57.0 Å². The SMILES string of the molecule is CC[C@@]12CC3NC(Cc4ccccc41)C2C[C@@H]3C(C)=O.Cl. The van der Waals surface area contributed by atoms with Gasteiger partial charge in [-0.15, -0.1) is 12.4 Å². The first-order chi connectivity index (χ1) is 9.65. The molecule has 3 unspecified atom stereocenters. The molecule has 2 aliphatic carbocycles. The van der Waals surface area contributed by atoms with Crippen molar-refractivity contribution in [2.24, 2.45) is 11.8 Å². The van der Waals surface area contributed by atoms with Gasteiger partial charge in [0.15, 0.2) is 0 Å². The normalized spacial score (nSPS) is 39.3. The van der Waals surface area contributed by atoms with E-state index in [0.717, 1.165) is 19.3 Å². The average molecular weight is 306 g/mol. The summed E-state index contributed by atoms with van der Waals surface area (Å²) < 4.78 is 0. The van der Waals surface area contributed by atoms with Gasteiger partial charge >= 0.3 is 0 Å². The summed E-state index contributed by atoms with van der Waals surface area (Å²) in [6.07, 6.45) is 4.59. The zero-order valence-corrected chi connectivity index (χ0v) is 13.6. The molecule has 0 spiro atoms. The molecule has 4 aliphatic rings. The molecule has 2 heterocycles. The van der Waals surface area contributed by atoms with Crippen LogP contribution in [-0.2, 0) is 16.6 Å². The number of ketones is 1. The number of hydrogen-bond donors (Lipinski definition) is 1. The van der Waals surface area contributed by atoms with Crippen molar-refractivity contribution in [2.75, 3.05) is 0 Å². The first-order valence-electron chi connectivity index (χ1n) is 8.00. The molecule has 2 saturated heterocycles. The van der Waals surface area contributed by atoms with E-state index < -0.39 is 0 Å². The Bertz CT molecular complexity index is 572. The molecule has 1 aromatic carbocycles. The summed E-state index contributed by atoms with van der Waals surface area (Å²) in [5.74, 6) is 1.27. The summed E-state index contributed by atoms with van der Waals surface area (Å²) in [5.41, 5.74) is 3.43. The minimum Gasteiger partial charge on any atom is -0.310 e. The van der Waals surface area contributed by atoms with Gasteiger partial charge in [-0.2, -0.15) is 0 Å². The Morgan fingerprint density at radius 3 is 2.76 bits per heavy atom. The van der Waals surface area contributed by atoms with Gasteiger partial charge in [0.25, 0.3) is 0 Å². The maximum Gasteiger partial charge on any atom is 0.134 e. The van der Waals surface area contributed by atoms with Gasteiger partial charge < -0.3 is 5.32 Å². The van der Waals surface area contributed by atoms with Crippen molar-refractivity contribution in [3.8, 4) is 0 Å². The van der Waals surface area contributed by atoms with Crippen molar-refractivity contribution in [3.05, 3.63) is 35.4 Å². The minimum atomic E-state index is 0. The maximum atomic E-state index is 11.9. The Balaban J connectivity index is 0.00000132. The van der Waals surface area contributed by atoms with Crippen LogP contribution in [0.15, 0.2) is 24.3 Å². The van der Waals surface area contributed by atoms with Gasteiger partial charge in [0, 0.05) is 23.4 Å². The van der Waals surface area contributed by atoms with Gasteiger partial charge in [0.05, 0.1) is 0 Å². The van der Waals surface area contributed by atoms with E-state index in [0.29, 0.717) is 29.2 Å². The largest absolute Gasteiger partial charge is 0.310 e. The summed E-state index contributed by atoms with van der Waals surface area (Å²) in [6.45, 7) is 4.11. The minimum absolute atomic E-state index is 0. The van der Waals surface area contributed by atoms with Crippen molar-refractivity contribution < 1.29 is 4.79 Å². The number of Topliss-reactive ketones (excluding diaryl/α,β-unsaturated/α-hetero) is 1. The second-order valence-corrected chi connectivity index (χ2v) is 7.01. The number of piperidine rings is 2. The number of benzene rings is 1. The molecular weight excluding hydrogens is 282 g/mol. The lowest BCUT2D eigenvalue weighted by atomic mass is 9.48. The van der Waals surface area contributed by atoms with Gasteiger partial charge in [-0.05, 0) is 49.7 Å². The standard InChI is InChI=1S/C18H23NO.ClH/c1-3-18-10-17-13(11(2)20)9-15(18)16(19-17)8-12-6-4-5-7-14(12)18;/h4-7,13,15-17,19H,3,8-10H2,1-2H3;1H/t13-,15?,16?,17?,18-;/m1./s1. The molecule has 1 saturated carbocycles. The molecule has 5 atom stereocenters. The zero-order chi connectivity index (χ0) is 13.9. The first kappa shape index (κ1) is 15.1. The number of rotatable bonds is 2. The van der Waals surface area contributed by atoms with Crippen LogP contribution < -0.4 is 5.32 Å². The molecular formula is C18H24ClNO. The molecule has 0 radical (unpaired) electrons. The molecule has 2 nitrogen and oxygen atoms in total.